The predicted molar refractivity (Wildman–Crippen MR) is 130 cm³/mol. The average Bonchev–Trinajstić information content (AvgIpc) is 3.19. The van der Waals surface area contributed by atoms with Gasteiger partial charge in [-0.25, -0.2) is 9.37 Å². The lowest BCUT2D eigenvalue weighted by Crippen LogP contribution is -2.36. The lowest BCUT2D eigenvalue weighted by Gasteiger charge is -2.27. The van der Waals surface area contributed by atoms with E-state index in [2.05, 4.69) is 4.98 Å². The summed E-state index contributed by atoms with van der Waals surface area (Å²) in [4.78, 5) is 29.3. The van der Waals surface area contributed by atoms with Crippen LogP contribution in [0.2, 0.25) is 0 Å². The van der Waals surface area contributed by atoms with Gasteiger partial charge >= 0.3 is 5.97 Å². The van der Waals surface area contributed by atoms with Gasteiger partial charge in [0.25, 0.3) is 0 Å². The second kappa shape index (κ2) is 10.1. The normalized spacial score (nSPS) is 11.8. The van der Waals surface area contributed by atoms with Gasteiger partial charge in [-0.1, -0.05) is 36.0 Å². The molecule has 33 heavy (non-hydrogen) atoms. The minimum absolute atomic E-state index is 0.154. The van der Waals surface area contributed by atoms with Crippen molar-refractivity contribution in [3.63, 3.8) is 0 Å². The molecule has 0 radical (unpaired) electrons. The predicted octanol–water partition coefficient (Wildman–Crippen LogP) is 6.42. The van der Waals surface area contributed by atoms with Crippen LogP contribution in [0.5, 0.6) is 5.75 Å². The minimum atomic E-state index is -0.839. The number of carbonyl (C=O) groups is 2. The highest BCUT2D eigenvalue weighted by atomic mass is 32.2. The van der Waals surface area contributed by atoms with E-state index in [1.165, 1.54) is 35.2 Å². The highest BCUT2D eigenvalue weighted by Gasteiger charge is 2.35. The van der Waals surface area contributed by atoms with E-state index in [0.717, 1.165) is 11.1 Å². The number of nitrogens with zero attached hydrogens (tertiary/aromatic N) is 1. The van der Waals surface area contributed by atoms with E-state index >= 15 is 0 Å². The number of Topliss-reactive ketones (excluding diaryl/α,β-unsaturated/α-hetero) is 1. The first-order chi connectivity index (χ1) is 15.4. The molecule has 1 aromatic heterocycles. The fourth-order valence-electron chi connectivity index (χ4n) is 2.70. The van der Waals surface area contributed by atoms with Gasteiger partial charge in [0, 0.05) is 5.38 Å². The summed E-state index contributed by atoms with van der Waals surface area (Å²) in [6.45, 7) is 8.85. The van der Waals surface area contributed by atoms with Gasteiger partial charge in [0.2, 0.25) is 5.78 Å². The van der Waals surface area contributed by atoms with Crippen LogP contribution in [0.4, 0.5) is 4.39 Å². The Hall–Kier alpha value is -2.71. The third-order valence-corrected chi connectivity index (χ3v) is 6.52. The summed E-state index contributed by atoms with van der Waals surface area (Å²) >= 11 is 2.57. The van der Waals surface area contributed by atoms with Crippen LogP contribution in [0.15, 0.2) is 58.3 Å². The van der Waals surface area contributed by atoms with E-state index in [0.29, 0.717) is 15.8 Å². The van der Waals surface area contributed by atoms with Crippen molar-refractivity contribution < 1.29 is 23.5 Å². The largest absolute Gasteiger partial charge is 0.485 e. The van der Waals surface area contributed by atoms with Crippen molar-refractivity contribution in [3.05, 3.63) is 65.4 Å². The number of hydrogen-bond donors (Lipinski definition) is 0. The third kappa shape index (κ3) is 7.14. The van der Waals surface area contributed by atoms with E-state index in [4.69, 9.17) is 9.47 Å². The minimum Gasteiger partial charge on any atom is -0.485 e. The van der Waals surface area contributed by atoms with E-state index in [1.807, 2.05) is 32.9 Å². The van der Waals surface area contributed by atoms with Crippen LogP contribution < -0.4 is 4.74 Å². The molecule has 0 fully saturated rings. The molecule has 3 aromatic rings. The topological polar surface area (TPSA) is 65.5 Å². The van der Waals surface area contributed by atoms with Crippen LogP contribution in [0, 0.1) is 5.82 Å². The highest BCUT2D eigenvalue weighted by Crippen LogP contribution is 2.36. The van der Waals surface area contributed by atoms with Crippen LogP contribution in [-0.4, -0.2) is 33.7 Å². The molecule has 8 heteroatoms. The number of halogens is 1. The molecule has 0 spiro atoms. The first-order valence-corrected chi connectivity index (χ1v) is 12.0. The number of thiazole rings is 1. The van der Waals surface area contributed by atoms with Crippen molar-refractivity contribution in [3.8, 4) is 16.9 Å². The molecule has 174 valence electrons. The van der Waals surface area contributed by atoms with Gasteiger partial charge in [-0.3, -0.25) is 9.59 Å². The monoisotopic (exact) mass is 487 g/mol. The second-order valence-corrected chi connectivity index (χ2v) is 11.6. The summed E-state index contributed by atoms with van der Waals surface area (Å²) in [6, 6.07) is 13.5. The number of rotatable bonds is 8. The summed E-state index contributed by atoms with van der Waals surface area (Å²) in [5.41, 5.74) is 1.53. The maximum atomic E-state index is 13.1. The van der Waals surface area contributed by atoms with Crippen molar-refractivity contribution in [1.29, 1.82) is 0 Å². The van der Waals surface area contributed by atoms with Gasteiger partial charge in [-0.05, 0) is 70.0 Å². The van der Waals surface area contributed by atoms with Crippen molar-refractivity contribution in [1.82, 2.24) is 4.98 Å². The second-order valence-electron chi connectivity index (χ2n) is 8.86. The fraction of sp³-hybridized carbons (Fsp3) is 0.320. The number of hydrogen-bond acceptors (Lipinski definition) is 7. The lowest BCUT2D eigenvalue weighted by atomic mass is 10.1. The Morgan fingerprint density at radius 3 is 2.12 bits per heavy atom. The summed E-state index contributed by atoms with van der Waals surface area (Å²) in [7, 11) is 0. The zero-order chi connectivity index (χ0) is 24.2. The van der Waals surface area contributed by atoms with E-state index < -0.39 is 10.3 Å². The van der Waals surface area contributed by atoms with Crippen molar-refractivity contribution in [2.45, 2.75) is 49.3 Å². The van der Waals surface area contributed by atoms with Gasteiger partial charge < -0.3 is 9.47 Å². The summed E-state index contributed by atoms with van der Waals surface area (Å²) in [5, 5.41) is 1.66. The number of esters is 1. The molecule has 0 N–H and O–H groups in total. The number of thioether (sulfide) groups is 1. The SMILES string of the molecule is CC(C)(C)OC(=O)C(C)(C)Sc1nc(C(=O)COc2ccc(-c3ccc(F)cc3)cc2)cs1. The Kier molecular flexibility index (Phi) is 7.59. The number of carbonyl (C=O) groups excluding carboxylic acids is 2. The summed E-state index contributed by atoms with van der Waals surface area (Å²) in [5.74, 6) is -0.328. The maximum Gasteiger partial charge on any atom is 0.322 e. The molecule has 0 unspecified atom stereocenters. The highest BCUT2D eigenvalue weighted by molar-refractivity contribution is 8.03. The number of benzene rings is 2. The number of aromatic nitrogens is 1. The molecule has 3 rings (SSSR count). The zero-order valence-electron chi connectivity index (χ0n) is 19.2. The van der Waals surface area contributed by atoms with Gasteiger partial charge in [0.05, 0.1) is 0 Å². The van der Waals surface area contributed by atoms with E-state index in [9.17, 15) is 14.0 Å². The number of ketones is 1. The Morgan fingerprint density at radius 1 is 0.970 bits per heavy atom. The van der Waals surface area contributed by atoms with Crippen LogP contribution >= 0.6 is 23.1 Å². The number of ether oxygens (including phenoxy) is 2. The fourth-order valence-corrected chi connectivity index (χ4v) is 4.92. The summed E-state index contributed by atoms with van der Waals surface area (Å²) in [6.07, 6.45) is 0. The Bertz CT molecular complexity index is 1120. The molecule has 0 aliphatic carbocycles. The lowest BCUT2D eigenvalue weighted by molar-refractivity contribution is -0.156. The van der Waals surface area contributed by atoms with Gasteiger partial charge in [0.15, 0.2) is 10.9 Å². The Labute approximate surface area is 201 Å². The molecule has 0 saturated carbocycles. The molecule has 0 bridgehead atoms. The van der Waals surface area contributed by atoms with E-state index in [-0.39, 0.29) is 24.2 Å². The molecule has 0 aliphatic heterocycles. The molecule has 0 amide bonds. The van der Waals surface area contributed by atoms with Crippen molar-refractivity contribution >= 4 is 34.9 Å². The molecule has 0 aliphatic rings. The molecular weight excluding hydrogens is 461 g/mol. The average molecular weight is 488 g/mol. The Morgan fingerprint density at radius 2 is 1.55 bits per heavy atom. The molecule has 0 atom stereocenters. The maximum absolute atomic E-state index is 13.1. The molecule has 0 saturated heterocycles. The van der Waals surface area contributed by atoms with Crippen LogP contribution in [0.1, 0.15) is 45.1 Å². The first kappa shape index (κ1) is 24.9. The standard InChI is InChI=1S/C25H26FNO4S2/c1-24(2,3)31-22(29)25(4,5)33-23-27-20(15-32-23)21(28)14-30-19-12-8-17(9-13-19)16-6-10-18(26)11-7-16/h6-13,15H,14H2,1-5H3. The van der Waals surface area contributed by atoms with E-state index in [1.54, 1.807) is 43.5 Å². The van der Waals surface area contributed by atoms with Crippen molar-refractivity contribution in [2.24, 2.45) is 0 Å². The Balaban J connectivity index is 1.56. The van der Waals surface area contributed by atoms with Crippen LogP contribution in [-0.2, 0) is 9.53 Å². The van der Waals surface area contributed by atoms with Gasteiger partial charge in [0.1, 0.15) is 27.6 Å². The van der Waals surface area contributed by atoms with Gasteiger partial charge in [-0.2, -0.15) is 0 Å². The summed E-state index contributed by atoms with van der Waals surface area (Å²) < 4.78 is 23.9. The molecule has 1 heterocycles. The van der Waals surface area contributed by atoms with Crippen LogP contribution in [0.3, 0.4) is 0 Å². The molecule has 2 aromatic carbocycles. The van der Waals surface area contributed by atoms with Crippen molar-refractivity contribution in [2.75, 3.05) is 6.61 Å². The zero-order valence-corrected chi connectivity index (χ0v) is 20.8. The molecule has 5 nitrogen and oxygen atoms in total. The van der Waals surface area contributed by atoms with Crippen LogP contribution in [0.25, 0.3) is 11.1 Å². The van der Waals surface area contributed by atoms with Gasteiger partial charge in [-0.15, -0.1) is 11.3 Å². The first-order valence-electron chi connectivity index (χ1n) is 10.3. The quantitative estimate of drug-likeness (QED) is 0.207. The molecular formula is C25H26FNO4S2. The third-order valence-electron chi connectivity index (χ3n) is 4.40. The smallest absolute Gasteiger partial charge is 0.322 e.